The van der Waals surface area contributed by atoms with Crippen LogP contribution >= 0.6 is 0 Å². The van der Waals surface area contributed by atoms with Crippen molar-refractivity contribution in [2.75, 3.05) is 13.2 Å². The second kappa shape index (κ2) is 6.59. The minimum Gasteiger partial charge on any atom is -0.480 e. The smallest absolute Gasteiger partial charge is 0.329 e. The molecule has 0 fully saturated rings. The molecule has 1 aromatic heterocycles. The lowest BCUT2D eigenvalue weighted by molar-refractivity contribution is -0.143. The summed E-state index contributed by atoms with van der Waals surface area (Å²) >= 11 is 0. The van der Waals surface area contributed by atoms with Crippen LogP contribution in [0.1, 0.15) is 18.5 Å². The number of hydrogen-bond acceptors (Lipinski definition) is 4. The summed E-state index contributed by atoms with van der Waals surface area (Å²) in [5, 5.41) is 11.0. The minimum atomic E-state index is -1.10. The fourth-order valence-electron chi connectivity index (χ4n) is 1.25. The number of amides is 1. The fraction of sp³-hybridized carbons (Fsp3) is 0.364. The molecule has 0 aliphatic carbocycles. The zero-order chi connectivity index (χ0) is 12.7. The van der Waals surface area contributed by atoms with Crippen LogP contribution in [0.2, 0.25) is 0 Å². The molecule has 6 heteroatoms. The van der Waals surface area contributed by atoms with E-state index in [1.54, 1.807) is 24.5 Å². The Kier molecular flexibility index (Phi) is 5.09. The lowest BCUT2D eigenvalue weighted by atomic mass is 10.1. The zero-order valence-electron chi connectivity index (χ0n) is 9.42. The molecule has 0 spiro atoms. The fourth-order valence-corrected chi connectivity index (χ4v) is 1.25. The number of nitrogens with one attached hydrogen (secondary N) is 1. The largest absolute Gasteiger partial charge is 0.480 e. The highest BCUT2D eigenvalue weighted by atomic mass is 16.5. The summed E-state index contributed by atoms with van der Waals surface area (Å²) < 4.78 is 4.67. The Morgan fingerprint density at radius 2 is 2.06 bits per heavy atom. The molecule has 17 heavy (non-hydrogen) atoms. The third-order valence-corrected chi connectivity index (χ3v) is 2.04. The van der Waals surface area contributed by atoms with Crippen molar-refractivity contribution in [1.82, 2.24) is 10.3 Å². The standard InChI is InChI=1S/C11H14N2O4/c1-8(9-2-4-12-5-3-9)13-10(14)6-17-7-11(15)16/h2-5,8H,6-7H2,1H3,(H,13,14)(H,15,16)/t8-/m1/s1. The van der Waals surface area contributed by atoms with Gasteiger partial charge >= 0.3 is 5.97 Å². The summed E-state index contributed by atoms with van der Waals surface area (Å²) in [6, 6.07) is 3.42. The quantitative estimate of drug-likeness (QED) is 0.747. The minimum absolute atomic E-state index is 0.168. The molecule has 0 aliphatic heterocycles. The Morgan fingerprint density at radius 3 is 2.65 bits per heavy atom. The van der Waals surface area contributed by atoms with Crippen LogP contribution in [0.3, 0.4) is 0 Å². The van der Waals surface area contributed by atoms with Crippen molar-refractivity contribution >= 4 is 11.9 Å². The van der Waals surface area contributed by atoms with E-state index in [-0.39, 0.29) is 18.6 Å². The molecule has 6 nitrogen and oxygen atoms in total. The van der Waals surface area contributed by atoms with Gasteiger partial charge in [0.25, 0.3) is 0 Å². The van der Waals surface area contributed by atoms with E-state index in [4.69, 9.17) is 5.11 Å². The molecule has 0 bridgehead atoms. The van der Waals surface area contributed by atoms with Gasteiger partial charge in [-0.3, -0.25) is 9.78 Å². The molecule has 0 aliphatic rings. The van der Waals surface area contributed by atoms with Crippen LogP contribution in [-0.2, 0) is 14.3 Å². The summed E-state index contributed by atoms with van der Waals surface area (Å²) in [7, 11) is 0. The Morgan fingerprint density at radius 1 is 1.41 bits per heavy atom. The molecule has 0 saturated heterocycles. The summed E-state index contributed by atoms with van der Waals surface area (Å²) in [6.07, 6.45) is 3.28. The van der Waals surface area contributed by atoms with Gasteiger partial charge in [0.05, 0.1) is 6.04 Å². The molecule has 92 valence electrons. The second-order valence-corrected chi connectivity index (χ2v) is 3.46. The van der Waals surface area contributed by atoms with Gasteiger partial charge in [0.1, 0.15) is 13.2 Å². The van der Waals surface area contributed by atoms with Gasteiger partial charge in [-0.25, -0.2) is 4.79 Å². The van der Waals surface area contributed by atoms with Crippen molar-refractivity contribution in [3.63, 3.8) is 0 Å². The molecule has 0 aromatic carbocycles. The number of pyridine rings is 1. The first-order chi connectivity index (χ1) is 8.09. The van der Waals surface area contributed by atoms with Gasteiger partial charge in [-0.2, -0.15) is 0 Å². The molecule has 0 unspecified atom stereocenters. The second-order valence-electron chi connectivity index (χ2n) is 3.46. The molecule has 0 radical (unpaired) electrons. The molecule has 0 saturated carbocycles. The number of carboxylic acid groups (broad SMARTS) is 1. The van der Waals surface area contributed by atoms with Gasteiger partial charge in [-0.05, 0) is 24.6 Å². The van der Waals surface area contributed by atoms with Crippen LogP contribution in [0.15, 0.2) is 24.5 Å². The summed E-state index contributed by atoms with van der Waals surface area (Å²) in [5.41, 5.74) is 0.923. The number of nitrogens with zero attached hydrogens (tertiary/aromatic N) is 1. The number of carbonyl (C=O) groups excluding carboxylic acids is 1. The number of carboxylic acids is 1. The maximum Gasteiger partial charge on any atom is 0.329 e. The van der Waals surface area contributed by atoms with E-state index in [0.717, 1.165) is 5.56 Å². The Labute approximate surface area is 98.6 Å². The molecule has 2 N–H and O–H groups in total. The summed E-state index contributed by atoms with van der Waals surface area (Å²) in [5.74, 6) is -1.45. The van der Waals surface area contributed by atoms with Crippen molar-refractivity contribution < 1.29 is 19.4 Å². The lowest BCUT2D eigenvalue weighted by Gasteiger charge is -2.13. The SMILES string of the molecule is C[C@@H](NC(=O)COCC(=O)O)c1ccncc1. The number of ether oxygens (including phenoxy) is 1. The number of hydrogen-bond donors (Lipinski definition) is 2. The van der Waals surface area contributed by atoms with E-state index >= 15 is 0 Å². The average molecular weight is 238 g/mol. The third-order valence-electron chi connectivity index (χ3n) is 2.04. The van der Waals surface area contributed by atoms with E-state index in [9.17, 15) is 9.59 Å². The molecular weight excluding hydrogens is 224 g/mol. The van der Waals surface area contributed by atoms with E-state index in [1.165, 1.54) is 0 Å². The Balaban J connectivity index is 2.34. The number of aromatic nitrogens is 1. The number of aliphatic carboxylic acids is 1. The van der Waals surface area contributed by atoms with Gasteiger partial charge < -0.3 is 15.2 Å². The van der Waals surface area contributed by atoms with Crippen LogP contribution in [0.5, 0.6) is 0 Å². The van der Waals surface area contributed by atoms with E-state index in [2.05, 4.69) is 15.0 Å². The first-order valence-corrected chi connectivity index (χ1v) is 5.08. The first-order valence-electron chi connectivity index (χ1n) is 5.08. The first kappa shape index (κ1) is 13.1. The van der Waals surface area contributed by atoms with Crippen molar-refractivity contribution in [2.24, 2.45) is 0 Å². The van der Waals surface area contributed by atoms with E-state index in [1.807, 2.05) is 6.92 Å². The monoisotopic (exact) mass is 238 g/mol. The average Bonchev–Trinajstić information content (AvgIpc) is 2.29. The van der Waals surface area contributed by atoms with Crippen molar-refractivity contribution in [3.05, 3.63) is 30.1 Å². The van der Waals surface area contributed by atoms with Gasteiger partial charge in [0.15, 0.2) is 0 Å². The van der Waals surface area contributed by atoms with E-state index in [0.29, 0.717) is 0 Å². The topological polar surface area (TPSA) is 88.5 Å². The summed E-state index contributed by atoms with van der Waals surface area (Å²) in [4.78, 5) is 25.4. The number of carbonyl (C=O) groups is 2. The highest BCUT2D eigenvalue weighted by molar-refractivity contribution is 5.78. The maximum absolute atomic E-state index is 11.4. The lowest BCUT2D eigenvalue weighted by Crippen LogP contribution is -2.30. The zero-order valence-corrected chi connectivity index (χ0v) is 9.42. The Bertz CT molecular complexity index is 380. The van der Waals surface area contributed by atoms with Crippen molar-refractivity contribution in [1.29, 1.82) is 0 Å². The van der Waals surface area contributed by atoms with E-state index < -0.39 is 12.6 Å². The van der Waals surface area contributed by atoms with Crippen LogP contribution in [0.25, 0.3) is 0 Å². The van der Waals surface area contributed by atoms with Crippen LogP contribution in [0.4, 0.5) is 0 Å². The molecule has 1 heterocycles. The highest BCUT2D eigenvalue weighted by Crippen LogP contribution is 2.09. The normalized spacial score (nSPS) is 11.8. The predicted octanol–water partition coefficient (Wildman–Crippen LogP) is 0.360. The van der Waals surface area contributed by atoms with Gasteiger partial charge in [-0.1, -0.05) is 0 Å². The maximum atomic E-state index is 11.4. The van der Waals surface area contributed by atoms with Gasteiger partial charge in [0.2, 0.25) is 5.91 Å². The molecule has 1 aromatic rings. The highest BCUT2D eigenvalue weighted by Gasteiger charge is 2.09. The van der Waals surface area contributed by atoms with Crippen molar-refractivity contribution in [3.8, 4) is 0 Å². The molecular formula is C11H14N2O4. The van der Waals surface area contributed by atoms with Gasteiger partial charge in [0, 0.05) is 12.4 Å². The van der Waals surface area contributed by atoms with Crippen LogP contribution in [-0.4, -0.2) is 35.2 Å². The van der Waals surface area contributed by atoms with Crippen molar-refractivity contribution in [2.45, 2.75) is 13.0 Å². The van der Waals surface area contributed by atoms with Crippen LogP contribution in [0, 0.1) is 0 Å². The number of rotatable bonds is 6. The third kappa shape index (κ3) is 5.07. The Hall–Kier alpha value is -1.95. The molecule has 1 atom stereocenters. The van der Waals surface area contributed by atoms with Gasteiger partial charge in [-0.15, -0.1) is 0 Å². The molecule has 1 amide bonds. The predicted molar refractivity (Wildman–Crippen MR) is 59.2 cm³/mol. The summed E-state index contributed by atoms with van der Waals surface area (Å²) in [6.45, 7) is 1.09. The molecule has 1 rings (SSSR count). The van der Waals surface area contributed by atoms with Crippen LogP contribution < -0.4 is 5.32 Å².